The number of morpholine rings is 1. The second kappa shape index (κ2) is 9.32. The van der Waals surface area contributed by atoms with E-state index in [-0.39, 0.29) is 0 Å². The molecule has 0 N–H and O–H groups in total. The highest BCUT2D eigenvalue weighted by molar-refractivity contribution is 6.30. The molecule has 0 saturated carbocycles. The Labute approximate surface area is 183 Å². The molecule has 0 spiro atoms. The Morgan fingerprint density at radius 2 is 1.94 bits per heavy atom. The van der Waals surface area contributed by atoms with Gasteiger partial charge in [0.25, 0.3) is 0 Å². The predicted molar refractivity (Wildman–Crippen MR) is 117 cm³/mol. The number of fused-ring (bicyclic) bond motifs is 1. The van der Waals surface area contributed by atoms with Crippen molar-refractivity contribution in [2.24, 2.45) is 7.05 Å². The predicted octanol–water partition coefficient (Wildman–Crippen LogP) is 3.44. The van der Waals surface area contributed by atoms with E-state index in [1.165, 1.54) is 6.07 Å². The molecule has 1 fully saturated rings. The van der Waals surface area contributed by atoms with Gasteiger partial charge in [-0.1, -0.05) is 11.6 Å². The topological polar surface area (TPSA) is 81.9 Å². The summed E-state index contributed by atoms with van der Waals surface area (Å²) in [5.74, 6) is 0.0443. The molecule has 0 amide bonds. The van der Waals surface area contributed by atoms with Crippen LogP contribution in [-0.4, -0.2) is 56.0 Å². The van der Waals surface area contributed by atoms with Gasteiger partial charge in [0, 0.05) is 49.3 Å². The second-order valence-corrected chi connectivity index (χ2v) is 7.40. The molecule has 0 atom stereocenters. The quantitative estimate of drug-likeness (QED) is 0.471. The Hall–Kier alpha value is -3.17. The number of aromatic nitrogens is 6. The first-order chi connectivity index (χ1) is 15.0. The van der Waals surface area contributed by atoms with Crippen molar-refractivity contribution >= 4 is 28.7 Å². The van der Waals surface area contributed by atoms with Gasteiger partial charge < -0.3 is 9.64 Å². The van der Waals surface area contributed by atoms with Gasteiger partial charge in [0.1, 0.15) is 17.0 Å². The summed E-state index contributed by atoms with van der Waals surface area (Å²) in [6.07, 6.45) is 5.26. The molecular weight excluding hydrogens is 421 g/mol. The highest BCUT2D eigenvalue weighted by atomic mass is 35.5. The molecule has 1 saturated heterocycles. The third kappa shape index (κ3) is 4.95. The molecule has 5 rings (SSSR count). The summed E-state index contributed by atoms with van der Waals surface area (Å²) in [5, 5.41) is 4.16. The molecule has 0 radical (unpaired) electrons. The SMILES string of the molecule is Cc1cnc2c(-c3ccc(Cl)cc3F)nc(N3CCOCC3)nc2n1.Cn1cccn1. The lowest BCUT2D eigenvalue weighted by Crippen LogP contribution is -2.37. The lowest BCUT2D eigenvalue weighted by molar-refractivity contribution is 0.122. The molecule has 0 aliphatic carbocycles. The van der Waals surface area contributed by atoms with Crippen LogP contribution in [0.5, 0.6) is 0 Å². The Bertz CT molecular complexity index is 1180. The molecule has 0 bridgehead atoms. The average molecular weight is 442 g/mol. The van der Waals surface area contributed by atoms with Crippen LogP contribution in [0.2, 0.25) is 5.02 Å². The van der Waals surface area contributed by atoms with Gasteiger partial charge >= 0.3 is 0 Å². The molecule has 160 valence electrons. The summed E-state index contributed by atoms with van der Waals surface area (Å²) < 4.78 is 21.6. The van der Waals surface area contributed by atoms with Crippen LogP contribution in [0, 0.1) is 12.7 Å². The number of aryl methyl sites for hydroxylation is 2. The summed E-state index contributed by atoms with van der Waals surface area (Å²) in [7, 11) is 1.89. The molecule has 0 unspecified atom stereocenters. The maximum Gasteiger partial charge on any atom is 0.228 e. The van der Waals surface area contributed by atoms with Crippen LogP contribution >= 0.6 is 11.6 Å². The standard InChI is InChI=1S/C17H15ClFN5O.C4H6N2/c1-10-9-20-15-14(12-3-2-11(18)8-13(12)19)22-17(23-16(15)21-10)24-4-6-25-7-5-24;1-6-4-2-3-5-6/h2-3,8-9H,4-7H2,1H3;2-4H,1H3. The minimum absolute atomic E-state index is 0.324. The van der Waals surface area contributed by atoms with Gasteiger partial charge in [0.2, 0.25) is 5.95 Å². The van der Waals surface area contributed by atoms with E-state index in [1.807, 2.05) is 31.1 Å². The van der Waals surface area contributed by atoms with Crippen LogP contribution in [0.1, 0.15) is 5.69 Å². The van der Waals surface area contributed by atoms with Crippen LogP contribution in [-0.2, 0) is 11.8 Å². The normalized spacial score (nSPS) is 13.7. The number of hydrogen-bond acceptors (Lipinski definition) is 7. The third-order valence-corrected chi connectivity index (χ3v) is 4.87. The second-order valence-electron chi connectivity index (χ2n) is 6.96. The van der Waals surface area contributed by atoms with Crippen LogP contribution in [0.25, 0.3) is 22.4 Å². The van der Waals surface area contributed by atoms with Gasteiger partial charge in [-0.2, -0.15) is 10.1 Å². The lowest BCUT2D eigenvalue weighted by atomic mass is 10.1. The maximum absolute atomic E-state index is 14.5. The van der Waals surface area contributed by atoms with Crippen molar-refractivity contribution < 1.29 is 9.13 Å². The van der Waals surface area contributed by atoms with Crippen molar-refractivity contribution in [3.05, 3.63) is 59.4 Å². The van der Waals surface area contributed by atoms with Crippen molar-refractivity contribution in [1.29, 1.82) is 0 Å². The highest BCUT2D eigenvalue weighted by Gasteiger charge is 2.20. The Kier molecular flexibility index (Phi) is 6.34. The molecule has 4 heterocycles. The fourth-order valence-corrected chi connectivity index (χ4v) is 3.26. The van der Waals surface area contributed by atoms with E-state index in [9.17, 15) is 4.39 Å². The molecule has 1 aliphatic heterocycles. The van der Waals surface area contributed by atoms with Crippen molar-refractivity contribution in [2.75, 3.05) is 31.2 Å². The van der Waals surface area contributed by atoms with Crippen LogP contribution in [0.15, 0.2) is 42.9 Å². The number of nitrogens with zero attached hydrogens (tertiary/aromatic N) is 7. The van der Waals surface area contributed by atoms with E-state index in [0.29, 0.717) is 59.7 Å². The number of hydrogen-bond donors (Lipinski definition) is 0. The van der Waals surface area contributed by atoms with Gasteiger partial charge in [-0.15, -0.1) is 0 Å². The van der Waals surface area contributed by atoms with E-state index >= 15 is 0 Å². The van der Waals surface area contributed by atoms with Gasteiger partial charge in [-0.05, 0) is 31.2 Å². The van der Waals surface area contributed by atoms with E-state index in [0.717, 1.165) is 5.69 Å². The van der Waals surface area contributed by atoms with Crippen LogP contribution in [0.4, 0.5) is 10.3 Å². The van der Waals surface area contributed by atoms with Crippen LogP contribution in [0.3, 0.4) is 0 Å². The fraction of sp³-hybridized carbons (Fsp3) is 0.286. The number of benzene rings is 1. The summed E-state index contributed by atoms with van der Waals surface area (Å²) in [4.78, 5) is 19.9. The summed E-state index contributed by atoms with van der Waals surface area (Å²) >= 11 is 5.87. The molecule has 8 nitrogen and oxygen atoms in total. The first-order valence-electron chi connectivity index (χ1n) is 9.74. The Morgan fingerprint density at radius 1 is 1.13 bits per heavy atom. The number of halogens is 2. The smallest absolute Gasteiger partial charge is 0.228 e. The zero-order valence-electron chi connectivity index (χ0n) is 17.2. The third-order valence-electron chi connectivity index (χ3n) is 4.63. The fourth-order valence-electron chi connectivity index (χ4n) is 3.10. The molecule has 31 heavy (non-hydrogen) atoms. The number of anilines is 1. The molecular formula is C21H21ClFN7O. The monoisotopic (exact) mass is 441 g/mol. The Balaban J connectivity index is 0.000000334. The van der Waals surface area contributed by atoms with Gasteiger partial charge in [-0.25, -0.2) is 19.3 Å². The molecule has 3 aromatic heterocycles. The maximum atomic E-state index is 14.5. The molecule has 4 aromatic rings. The first kappa shape index (κ1) is 21.1. The van der Waals surface area contributed by atoms with E-state index in [1.54, 1.807) is 29.2 Å². The van der Waals surface area contributed by atoms with Crippen molar-refractivity contribution in [1.82, 2.24) is 29.7 Å². The molecule has 10 heteroatoms. The zero-order chi connectivity index (χ0) is 21.8. The van der Waals surface area contributed by atoms with Crippen molar-refractivity contribution in [3.8, 4) is 11.3 Å². The van der Waals surface area contributed by atoms with E-state index in [4.69, 9.17) is 16.3 Å². The molecule has 1 aromatic carbocycles. The van der Waals surface area contributed by atoms with Crippen molar-refractivity contribution in [3.63, 3.8) is 0 Å². The minimum atomic E-state index is -0.456. The van der Waals surface area contributed by atoms with Gasteiger partial charge in [0.15, 0.2) is 5.65 Å². The van der Waals surface area contributed by atoms with E-state index < -0.39 is 5.82 Å². The van der Waals surface area contributed by atoms with Crippen LogP contribution < -0.4 is 4.90 Å². The summed E-state index contributed by atoms with van der Waals surface area (Å²) in [5.41, 5.74) is 2.38. The minimum Gasteiger partial charge on any atom is -0.378 e. The first-order valence-corrected chi connectivity index (χ1v) is 10.1. The number of rotatable bonds is 2. The Morgan fingerprint density at radius 3 is 2.58 bits per heavy atom. The van der Waals surface area contributed by atoms with Crippen molar-refractivity contribution in [2.45, 2.75) is 6.92 Å². The highest BCUT2D eigenvalue weighted by Crippen LogP contribution is 2.30. The molecule has 1 aliphatic rings. The van der Waals surface area contributed by atoms with E-state index in [2.05, 4.69) is 25.0 Å². The van der Waals surface area contributed by atoms with Gasteiger partial charge in [-0.3, -0.25) is 4.68 Å². The largest absolute Gasteiger partial charge is 0.378 e. The average Bonchev–Trinajstić information content (AvgIpc) is 3.25. The van der Waals surface area contributed by atoms with Gasteiger partial charge in [0.05, 0.1) is 18.9 Å². The summed E-state index contributed by atoms with van der Waals surface area (Å²) in [6, 6.07) is 6.38. The zero-order valence-corrected chi connectivity index (χ0v) is 17.9. The summed E-state index contributed by atoms with van der Waals surface area (Å²) in [6.45, 7) is 4.39. The lowest BCUT2D eigenvalue weighted by Gasteiger charge is -2.27. The number of ether oxygens (including phenoxy) is 1.